The maximum atomic E-state index is 11.7. The van der Waals surface area contributed by atoms with Gasteiger partial charge in [-0.05, 0) is 47.9 Å². The lowest BCUT2D eigenvalue weighted by atomic mass is 9.99. The van der Waals surface area contributed by atoms with Crippen molar-refractivity contribution < 1.29 is 14.3 Å². The fourth-order valence-electron chi connectivity index (χ4n) is 3.54. The molecule has 0 saturated heterocycles. The summed E-state index contributed by atoms with van der Waals surface area (Å²) >= 11 is 0. The Labute approximate surface area is 174 Å². The zero-order valence-corrected chi connectivity index (χ0v) is 17.0. The van der Waals surface area contributed by atoms with Crippen LogP contribution in [0.25, 0.3) is 33.4 Å². The van der Waals surface area contributed by atoms with Crippen LogP contribution < -0.4 is 0 Å². The van der Waals surface area contributed by atoms with E-state index in [4.69, 9.17) is 4.74 Å². The van der Waals surface area contributed by atoms with Gasteiger partial charge in [0.05, 0.1) is 12.7 Å². The number of esters is 1. The Balaban J connectivity index is 1.76. The molecule has 0 aliphatic carbocycles. The average Bonchev–Trinajstić information content (AvgIpc) is 3.09. The van der Waals surface area contributed by atoms with Gasteiger partial charge in [0.1, 0.15) is 11.5 Å². The predicted octanol–water partition coefficient (Wildman–Crippen LogP) is 4.22. The molecule has 30 heavy (non-hydrogen) atoms. The van der Waals surface area contributed by atoms with Crippen LogP contribution in [0.4, 0.5) is 0 Å². The summed E-state index contributed by atoms with van der Waals surface area (Å²) in [5.41, 5.74) is 5.92. The molecule has 2 aromatic heterocycles. The Bertz CT molecular complexity index is 1260. The van der Waals surface area contributed by atoms with Crippen molar-refractivity contribution >= 4 is 22.8 Å². The Morgan fingerprint density at radius 3 is 2.43 bits per heavy atom. The van der Waals surface area contributed by atoms with Crippen LogP contribution in [-0.2, 0) is 23.0 Å². The minimum Gasteiger partial charge on any atom is -0.465 e. The average molecular weight is 399 g/mol. The molecule has 6 heteroatoms. The summed E-state index contributed by atoms with van der Waals surface area (Å²) in [5, 5.41) is 5.58. The van der Waals surface area contributed by atoms with Crippen LogP contribution in [0.5, 0.6) is 0 Å². The van der Waals surface area contributed by atoms with E-state index < -0.39 is 0 Å². The Morgan fingerprint density at radius 2 is 1.73 bits per heavy atom. The number of aromatic nitrogens is 3. The minimum absolute atomic E-state index is 0.0963. The largest absolute Gasteiger partial charge is 0.465 e. The molecular formula is C24H21N3O3. The number of hydrogen-bond acceptors (Lipinski definition) is 5. The van der Waals surface area contributed by atoms with Crippen molar-refractivity contribution in [1.29, 1.82) is 0 Å². The Kier molecular flexibility index (Phi) is 5.14. The van der Waals surface area contributed by atoms with Crippen LogP contribution in [0.2, 0.25) is 0 Å². The number of carbonyl (C=O) groups excluding carboxylic acids is 2. The van der Waals surface area contributed by atoms with Crippen LogP contribution >= 0.6 is 0 Å². The number of nitrogens with zero attached hydrogens (tertiary/aromatic N) is 3. The van der Waals surface area contributed by atoms with Crippen molar-refractivity contribution in [2.45, 2.75) is 13.3 Å². The number of fused-ring (bicyclic) bond motifs is 1. The van der Waals surface area contributed by atoms with Gasteiger partial charge in [-0.15, -0.1) is 0 Å². The van der Waals surface area contributed by atoms with Crippen LogP contribution in [0, 0.1) is 0 Å². The first-order chi connectivity index (χ1) is 14.5. The lowest BCUT2D eigenvalue weighted by Gasteiger charge is -2.06. The zero-order valence-electron chi connectivity index (χ0n) is 17.0. The maximum absolute atomic E-state index is 11.7. The first kappa shape index (κ1) is 19.5. The lowest BCUT2D eigenvalue weighted by Crippen LogP contribution is -2.00. The Morgan fingerprint density at radius 1 is 1.00 bits per heavy atom. The van der Waals surface area contributed by atoms with E-state index in [9.17, 15) is 9.59 Å². The second kappa shape index (κ2) is 7.91. The van der Waals surface area contributed by atoms with E-state index in [0.29, 0.717) is 12.0 Å². The number of hydrogen-bond donors (Lipinski definition) is 0. The van der Waals surface area contributed by atoms with Gasteiger partial charge in [-0.3, -0.25) is 4.79 Å². The van der Waals surface area contributed by atoms with Crippen molar-refractivity contribution in [3.63, 3.8) is 0 Å². The molecular weight excluding hydrogens is 378 g/mol. The molecule has 2 aromatic carbocycles. The van der Waals surface area contributed by atoms with Crippen LogP contribution in [0.15, 0.2) is 60.8 Å². The van der Waals surface area contributed by atoms with Gasteiger partial charge in [0.15, 0.2) is 5.65 Å². The predicted molar refractivity (Wildman–Crippen MR) is 115 cm³/mol. The molecule has 0 radical (unpaired) electrons. The topological polar surface area (TPSA) is 74.1 Å². The van der Waals surface area contributed by atoms with Gasteiger partial charge in [-0.1, -0.05) is 30.3 Å². The number of carbonyl (C=O) groups is 2. The summed E-state index contributed by atoms with van der Waals surface area (Å²) in [7, 11) is 3.23. The number of benzene rings is 2. The third-order valence-corrected chi connectivity index (χ3v) is 4.96. The molecule has 0 aliphatic rings. The minimum atomic E-state index is -0.357. The van der Waals surface area contributed by atoms with E-state index >= 15 is 0 Å². The summed E-state index contributed by atoms with van der Waals surface area (Å²) in [6.07, 6.45) is 2.08. The molecule has 4 rings (SSSR count). The Hall–Kier alpha value is -3.80. The summed E-state index contributed by atoms with van der Waals surface area (Å²) in [4.78, 5) is 27.7. The molecule has 0 N–H and O–H groups in total. The van der Waals surface area contributed by atoms with Crippen molar-refractivity contribution in [1.82, 2.24) is 14.8 Å². The SMILES string of the molecule is COC(=O)c1ccc(-c2cccc(-c3nn(C)c4ncc(CC(C)=O)cc34)c2)cc1. The molecule has 150 valence electrons. The molecule has 0 amide bonds. The molecule has 0 aliphatic heterocycles. The molecule has 0 saturated carbocycles. The van der Waals surface area contributed by atoms with E-state index in [-0.39, 0.29) is 11.8 Å². The first-order valence-corrected chi connectivity index (χ1v) is 9.56. The van der Waals surface area contributed by atoms with E-state index in [1.54, 1.807) is 29.9 Å². The van der Waals surface area contributed by atoms with Gasteiger partial charge >= 0.3 is 5.97 Å². The first-order valence-electron chi connectivity index (χ1n) is 9.56. The second-order valence-corrected chi connectivity index (χ2v) is 7.22. The standard InChI is InChI=1S/C24H21N3O3/c1-15(28)11-16-12-21-22(26-27(2)23(21)25-14-16)20-6-4-5-19(13-20)17-7-9-18(10-8-17)24(29)30-3/h4-10,12-14H,11H2,1-3H3. The normalized spacial score (nSPS) is 10.9. The van der Waals surface area contributed by atoms with Crippen LogP contribution in [-0.4, -0.2) is 33.6 Å². The summed E-state index contributed by atoms with van der Waals surface area (Å²) < 4.78 is 6.51. The van der Waals surface area contributed by atoms with Gasteiger partial charge in [-0.2, -0.15) is 5.10 Å². The quantitative estimate of drug-likeness (QED) is 0.470. The highest BCUT2D eigenvalue weighted by atomic mass is 16.5. The number of methoxy groups -OCH3 is 1. The van der Waals surface area contributed by atoms with Crippen molar-refractivity contribution in [3.8, 4) is 22.4 Å². The fourth-order valence-corrected chi connectivity index (χ4v) is 3.54. The summed E-state index contributed by atoms with van der Waals surface area (Å²) in [5.74, 6) is -0.261. The number of aryl methyl sites for hydroxylation is 1. The maximum Gasteiger partial charge on any atom is 0.337 e. The number of ether oxygens (including phenoxy) is 1. The molecule has 2 heterocycles. The van der Waals surface area contributed by atoms with Crippen molar-refractivity contribution in [2.75, 3.05) is 7.11 Å². The van der Waals surface area contributed by atoms with Gasteiger partial charge in [-0.25, -0.2) is 14.5 Å². The third kappa shape index (κ3) is 3.72. The fraction of sp³-hybridized carbons (Fsp3) is 0.167. The van der Waals surface area contributed by atoms with E-state index in [0.717, 1.165) is 39.0 Å². The van der Waals surface area contributed by atoms with Gasteiger partial charge in [0, 0.05) is 30.6 Å². The van der Waals surface area contributed by atoms with Gasteiger partial charge in [0.25, 0.3) is 0 Å². The molecule has 0 bridgehead atoms. The van der Waals surface area contributed by atoms with E-state index in [1.165, 1.54) is 7.11 Å². The van der Waals surface area contributed by atoms with E-state index in [2.05, 4.69) is 16.1 Å². The van der Waals surface area contributed by atoms with Crippen LogP contribution in [0.3, 0.4) is 0 Å². The second-order valence-electron chi connectivity index (χ2n) is 7.22. The highest BCUT2D eigenvalue weighted by Gasteiger charge is 2.14. The molecule has 0 unspecified atom stereocenters. The molecule has 0 spiro atoms. The third-order valence-electron chi connectivity index (χ3n) is 4.96. The monoisotopic (exact) mass is 399 g/mol. The number of rotatable bonds is 5. The van der Waals surface area contributed by atoms with E-state index in [1.807, 2.05) is 43.4 Å². The van der Waals surface area contributed by atoms with Crippen molar-refractivity contribution in [3.05, 3.63) is 71.9 Å². The summed E-state index contributed by atoms with van der Waals surface area (Å²) in [6, 6.07) is 17.3. The molecule has 0 atom stereocenters. The highest BCUT2D eigenvalue weighted by molar-refractivity contribution is 5.93. The summed E-state index contributed by atoms with van der Waals surface area (Å²) in [6.45, 7) is 1.57. The molecule has 6 nitrogen and oxygen atoms in total. The van der Waals surface area contributed by atoms with Crippen LogP contribution in [0.1, 0.15) is 22.8 Å². The zero-order chi connectivity index (χ0) is 21.3. The molecule has 4 aromatic rings. The van der Waals surface area contributed by atoms with Crippen molar-refractivity contribution in [2.24, 2.45) is 7.05 Å². The number of ketones is 1. The number of Topliss-reactive ketones (excluding diaryl/α,β-unsaturated/α-hetero) is 1. The smallest absolute Gasteiger partial charge is 0.337 e. The molecule has 0 fully saturated rings. The highest BCUT2D eigenvalue weighted by Crippen LogP contribution is 2.31. The van der Waals surface area contributed by atoms with Gasteiger partial charge < -0.3 is 4.74 Å². The van der Waals surface area contributed by atoms with Gasteiger partial charge in [0.2, 0.25) is 0 Å². The lowest BCUT2D eigenvalue weighted by molar-refractivity contribution is -0.116. The number of pyridine rings is 1.